The number of hydroxylamine groups is 1. The molecule has 0 aliphatic carbocycles. The number of carbonyl (C=O) groups is 2. The lowest BCUT2D eigenvalue weighted by Gasteiger charge is -2.29. The zero-order chi connectivity index (χ0) is 22.4. The van der Waals surface area contributed by atoms with Crippen LogP contribution in [0.25, 0.3) is 0 Å². The van der Waals surface area contributed by atoms with Gasteiger partial charge in [0, 0.05) is 5.02 Å². The van der Waals surface area contributed by atoms with E-state index in [1.165, 1.54) is 4.90 Å². The number of methoxy groups -OCH3 is 1. The Morgan fingerprint density at radius 3 is 2.38 bits per heavy atom. The Kier molecular flexibility index (Phi) is 5.41. The molecule has 162 valence electrons. The Hall–Kier alpha value is -2.87. The minimum Gasteiger partial charge on any atom is -0.496 e. The molecule has 0 aromatic heterocycles. The van der Waals surface area contributed by atoms with Crippen molar-refractivity contribution in [3.63, 3.8) is 0 Å². The number of benzene rings is 3. The van der Waals surface area contributed by atoms with Crippen molar-refractivity contribution in [1.29, 1.82) is 0 Å². The summed E-state index contributed by atoms with van der Waals surface area (Å²) in [5.41, 5.74) is 2.02. The van der Waals surface area contributed by atoms with Crippen molar-refractivity contribution in [3.05, 3.63) is 87.9 Å². The normalized spacial score (nSPS) is 22.4. The molecule has 6 nitrogen and oxygen atoms in total. The summed E-state index contributed by atoms with van der Waals surface area (Å²) in [5, 5.41) is 2.11. The average molecular weight is 514 g/mol. The van der Waals surface area contributed by atoms with E-state index in [2.05, 4.69) is 15.9 Å². The molecule has 0 radical (unpaired) electrons. The summed E-state index contributed by atoms with van der Waals surface area (Å²) >= 11 is 9.63. The van der Waals surface area contributed by atoms with Gasteiger partial charge in [0.2, 0.25) is 5.91 Å². The van der Waals surface area contributed by atoms with Gasteiger partial charge in [0.25, 0.3) is 5.91 Å². The lowest BCUT2D eigenvalue weighted by molar-refractivity contribution is -0.126. The molecule has 0 saturated carbocycles. The number of fused-ring (bicyclic) bond motifs is 1. The van der Waals surface area contributed by atoms with Crippen LogP contribution >= 0.6 is 27.5 Å². The summed E-state index contributed by atoms with van der Waals surface area (Å²) in [5.74, 6) is -0.775. The Bertz CT molecular complexity index is 1210. The van der Waals surface area contributed by atoms with Gasteiger partial charge in [0.05, 0.1) is 29.0 Å². The van der Waals surface area contributed by atoms with Crippen LogP contribution < -0.4 is 14.7 Å². The Balaban J connectivity index is 1.60. The minimum absolute atomic E-state index is 0.322. The summed E-state index contributed by atoms with van der Waals surface area (Å²) in [7, 11) is 1.59. The quantitative estimate of drug-likeness (QED) is 0.451. The predicted molar refractivity (Wildman–Crippen MR) is 125 cm³/mol. The highest BCUT2D eigenvalue weighted by Crippen LogP contribution is 2.48. The molecule has 2 heterocycles. The third kappa shape index (κ3) is 3.37. The number of hydrogen-bond donors (Lipinski definition) is 0. The third-order valence-corrected chi connectivity index (χ3v) is 6.56. The number of para-hydroxylation sites is 1. The topological polar surface area (TPSA) is 59.1 Å². The maximum Gasteiger partial charge on any atom is 0.266 e. The average Bonchev–Trinajstić information content (AvgIpc) is 3.30. The molecule has 0 bridgehead atoms. The molecule has 2 aliphatic rings. The fourth-order valence-electron chi connectivity index (χ4n) is 4.29. The molecule has 0 N–H and O–H groups in total. The summed E-state index contributed by atoms with van der Waals surface area (Å²) in [4.78, 5) is 34.2. The first-order valence-corrected chi connectivity index (χ1v) is 11.1. The number of imide groups is 1. The fraction of sp³-hybridized carbons (Fsp3) is 0.167. The fourth-order valence-corrected chi connectivity index (χ4v) is 5.03. The molecule has 5 rings (SSSR count). The van der Waals surface area contributed by atoms with Crippen LogP contribution in [0.5, 0.6) is 5.75 Å². The van der Waals surface area contributed by atoms with Gasteiger partial charge in [-0.25, -0.2) is 9.96 Å². The van der Waals surface area contributed by atoms with Crippen LogP contribution in [-0.4, -0.2) is 25.0 Å². The van der Waals surface area contributed by atoms with Crippen LogP contribution in [-0.2, 0) is 14.4 Å². The smallest absolute Gasteiger partial charge is 0.266 e. The van der Waals surface area contributed by atoms with E-state index in [1.807, 2.05) is 48.5 Å². The highest BCUT2D eigenvalue weighted by Gasteiger charge is 2.60. The van der Waals surface area contributed by atoms with E-state index >= 15 is 0 Å². The molecule has 2 amide bonds. The van der Waals surface area contributed by atoms with Crippen molar-refractivity contribution in [1.82, 2.24) is 0 Å². The van der Waals surface area contributed by atoms with E-state index in [1.54, 1.807) is 36.4 Å². The Labute approximate surface area is 198 Å². The second-order valence-corrected chi connectivity index (χ2v) is 8.83. The molecule has 3 atom stereocenters. The van der Waals surface area contributed by atoms with Crippen molar-refractivity contribution in [2.45, 2.75) is 12.1 Å². The van der Waals surface area contributed by atoms with Gasteiger partial charge in [-0.05, 0) is 64.0 Å². The molecule has 2 fully saturated rings. The first-order chi connectivity index (χ1) is 15.5. The van der Waals surface area contributed by atoms with Crippen molar-refractivity contribution >= 4 is 50.7 Å². The first-order valence-electron chi connectivity index (χ1n) is 9.97. The molecule has 2 saturated heterocycles. The Morgan fingerprint density at radius 2 is 1.69 bits per heavy atom. The molecule has 0 spiro atoms. The number of anilines is 2. The number of carbonyl (C=O) groups excluding carboxylic acids is 2. The maximum absolute atomic E-state index is 13.6. The van der Waals surface area contributed by atoms with Crippen molar-refractivity contribution in [3.8, 4) is 5.75 Å². The van der Waals surface area contributed by atoms with E-state index in [0.717, 1.165) is 15.7 Å². The summed E-state index contributed by atoms with van der Waals surface area (Å²) in [6.07, 6.45) is -0.937. The molecular formula is C24H18BrClN2O4. The highest BCUT2D eigenvalue weighted by atomic mass is 79.9. The third-order valence-electron chi connectivity index (χ3n) is 5.71. The van der Waals surface area contributed by atoms with Crippen LogP contribution in [0.15, 0.2) is 77.3 Å². The van der Waals surface area contributed by atoms with Crippen LogP contribution in [0.2, 0.25) is 5.02 Å². The second-order valence-electron chi connectivity index (χ2n) is 7.54. The van der Waals surface area contributed by atoms with Gasteiger partial charge in [-0.3, -0.25) is 14.4 Å². The van der Waals surface area contributed by atoms with Gasteiger partial charge < -0.3 is 4.74 Å². The van der Waals surface area contributed by atoms with Gasteiger partial charge in [-0.1, -0.05) is 41.9 Å². The molecule has 2 aliphatic heterocycles. The van der Waals surface area contributed by atoms with E-state index < -0.39 is 24.0 Å². The zero-order valence-corrected chi connectivity index (χ0v) is 19.3. The molecular weight excluding hydrogens is 496 g/mol. The molecule has 3 aromatic carbocycles. The SMILES string of the molecule is COc1ccc([C@H]2[C@H]3C(=O)N(c4cccc(Cl)c4)C(=O)[C@@H]3ON2c2ccccc2)cc1Br. The number of halogens is 2. The van der Waals surface area contributed by atoms with Gasteiger partial charge in [0.1, 0.15) is 11.7 Å². The summed E-state index contributed by atoms with van der Waals surface area (Å²) < 4.78 is 6.10. The molecule has 3 aromatic rings. The summed E-state index contributed by atoms with van der Waals surface area (Å²) in [6, 6.07) is 21.2. The van der Waals surface area contributed by atoms with Crippen molar-refractivity contribution in [2.75, 3.05) is 17.1 Å². The number of nitrogens with zero attached hydrogens (tertiary/aromatic N) is 2. The highest BCUT2D eigenvalue weighted by molar-refractivity contribution is 9.10. The number of amides is 2. The summed E-state index contributed by atoms with van der Waals surface area (Å²) in [6.45, 7) is 0. The van der Waals surface area contributed by atoms with Gasteiger partial charge >= 0.3 is 0 Å². The first kappa shape index (κ1) is 21.0. The van der Waals surface area contributed by atoms with Crippen LogP contribution in [0.1, 0.15) is 11.6 Å². The van der Waals surface area contributed by atoms with Gasteiger partial charge in [-0.15, -0.1) is 0 Å². The predicted octanol–water partition coefficient (Wildman–Crippen LogP) is 5.16. The van der Waals surface area contributed by atoms with Crippen LogP contribution in [0, 0.1) is 5.92 Å². The van der Waals surface area contributed by atoms with Gasteiger partial charge in [-0.2, -0.15) is 0 Å². The monoisotopic (exact) mass is 512 g/mol. The van der Waals surface area contributed by atoms with Crippen molar-refractivity contribution < 1.29 is 19.2 Å². The number of rotatable bonds is 4. The van der Waals surface area contributed by atoms with E-state index in [4.69, 9.17) is 21.2 Å². The minimum atomic E-state index is -0.937. The molecule has 0 unspecified atom stereocenters. The van der Waals surface area contributed by atoms with E-state index in [-0.39, 0.29) is 5.91 Å². The molecule has 8 heteroatoms. The van der Waals surface area contributed by atoms with E-state index in [0.29, 0.717) is 16.5 Å². The van der Waals surface area contributed by atoms with Crippen LogP contribution in [0.3, 0.4) is 0 Å². The maximum atomic E-state index is 13.6. The Morgan fingerprint density at radius 1 is 0.938 bits per heavy atom. The lowest BCUT2D eigenvalue weighted by atomic mass is 9.90. The molecule has 32 heavy (non-hydrogen) atoms. The largest absolute Gasteiger partial charge is 0.496 e. The number of hydrogen-bond acceptors (Lipinski definition) is 5. The van der Waals surface area contributed by atoms with E-state index in [9.17, 15) is 9.59 Å². The number of ether oxygens (including phenoxy) is 1. The lowest BCUT2D eigenvalue weighted by Crippen LogP contribution is -2.37. The zero-order valence-electron chi connectivity index (χ0n) is 16.9. The van der Waals surface area contributed by atoms with Crippen molar-refractivity contribution in [2.24, 2.45) is 5.92 Å². The standard InChI is InChI=1S/C24H18BrClN2O4/c1-31-19-11-10-14(12-18(19)25)21-20-22(32-28(21)16-7-3-2-4-8-16)24(30)27(23(20)29)17-9-5-6-15(26)13-17/h2-13,20-22H,1H3/t20-,21+,22-/m1/s1. The van der Waals surface area contributed by atoms with Crippen LogP contribution in [0.4, 0.5) is 11.4 Å². The second kappa shape index (κ2) is 8.24. The van der Waals surface area contributed by atoms with Gasteiger partial charge in [0.15, 0.2) is 6.10 Å².